The summed E-state index contributed by atoms with van der Waals surface area (Å²) in [7, 11) is -3.53. The van der Waals surface area contributed by atoms with Crippen LogP contribution in [0.3, 0.4) is 0 Å². The quantitative estimate of drug-likeness (QED) is 0.314. The van der Waals surface area contributed by atoms with Gasteiger partial charge in [-0.2, -0.15) is 8.42 Å². The molecule has 5 nitrogen and oxygen atoms in total. The summed E-state index contributed by atoms with van der Waals surface area (Å²) in [5.41, 5.74) is 0.967. The highest BCUT2D eigenvalue weighted by molar-refractivity contribution is 7.86. The Kier molecular flexibility index (Phi) is 11.2. The second kappa shape index (κ2) is 12.8. The molecule has 0 spiro atoms. The molecule has 1 aromatic rings. The average molecular weight is 412 g/mol. The fourth-order valence-electron chi connectivity index (χ4n) is 3.13. The molecule has 1 amide bonds. The van der Waals surface area contributed by atoms with Crippen molar-refractivity contribution in [1.29, 1.82) is 0 Å². The van der Waals surface area contributed by atoms with Gasteiger partial charge in [-0.15, -0.1) is 0 Å². The summed E-state index contributed by atoms with van der Waals surface area (Å²) < 4.78 is 27.3. The summed E-state index contributed by atoms with van der Waals surface area (Å²) in [6, 6.07) is 6.89. The van der Waals surface area contributed by atoms with Gasteiger partial charge in [0.15, 0.2) is 0 Å². The van der Waals surface area contributed by atoms with Gasteiger partial charge in [0.2, 0.25) is 5.91 Å². The fraction of sp³-hybridized carbons (Fsp3) is 0.682. The van der Waals surface area contributed by atoms with Crippen LogP contribution >= 0.6 is 0 Å². The minimum absolute atomic E-state index is 0.193. The molecule has 0 atom stereocenters. The monoisotopic (exact) mass is 411 g/mol. The van der Waals surface area contributed by atoms with E-state index in [1.807, 2.05) is 17.0 Å². The third kappa shape index (κ3) is 11.3. The maximum absolute atomic E-state index is 12.7. The Morgan fingerprint density at radius 1 is 1.00 bits per heavy atom. The van der Waals surface area contributed by atoms with Crippen LogP contribution < -0.4 is 4.18 Å². The molecule has 6 heteroatoms. The zero-order valence-electron chi connectivity index (χ0n) is 17.9. The normalized spacial score (nSPS) is 11.6. The summed E-state index contributed by atoms with van der Waals surface area (Å²) in [5, 5.41) is 0. The van der Waals surface area contributed by atoms with Crippen molar-refractivity contribution in [2.45, 2.75) is 78.7 Å². The number of nitrogens with zero attached hydrogens (tertiary/aromatic N) is 1. The molecule has 1 rings (SSSR count). The standard InChI is InChI=1S/C22H37NO4S/c1-5-6-7-8-9-10-11-12-22(24)23(17-19(2)3)18-20-13-15-21(16-14-20)27-28(4,25)26/h13-16,19H,5-12,17-18H2,1-4H3. The van der Waals surface area contributed by atoms with Gasteiger partial charge in [-0.05, 0) is 30.0 Å². The van der Waals surface area contributed by atoms with Crippen LogP contribution in [0, 0.1) is 5.92 Å². The number of carbonyl (C=O) groups excluding carboxylic acids is 1. The molecule has 1 aromatic carbocycles. The van der Waals surface area contributed by atoms with Crippen molar-refractivity contribution in [3.05, 3.63) is 29.8 Å². The Labute approximate surface area is 171 Å². The van der Waals surface area contributed by atoms with Crippen LogP contribution in [0.25, 0.3) is 0 Å². The molecule has 0 heterocycles. The van der Waals surface area contributed by atoms with Gasteiger partial charge in [-0.1, -0.05) is 71.4 Å². The molecule has 0 unspecified atom stereocenters. The fourth-order valence-corrected chi connectivity index (χ4v) is 3.59. The summed E-state index contributed by atoms with van der Waals surface area (Å²) in [4.78, 5) is 14.6. The van der Waals surface area contributed by atoms with Crippen molar-refractivity contribution in [3.63, 3.8) is 0 Å². The van der Waals surface area contributed by atoms with Gasteiger partial charge >= 0.3 is 10.1 Å². The highest BCUT2D eigenvalue weighted by Gasteiger charge is 2.15. The van der Waals surface area contributed by atoms with Crippen LogP contribution in [-0.4, -0.2) is 32.0 Å². The van der Waals surface area contributed by atoms with Gasteiger partial charge in [0, 0.05) is 19.5 Å². The van der Waals surface area contributed by atoms with Crippen molar-refractivity contribution in [2.75, 3.05) is 12.8 Å². The van der Waals surface area contributed by atoms with Gasteiger partial charge in [0.25, 0.3) is 0 Å². The Bertz CT molecular complexity index is 668. The van der Waals surface area contributed by atoms with E-state index >= 15 is 0 Å². The first kappa shape index (κ1) is 24.5. The van der Waals surface area contributed by atoms with Crippen LogP contribution in [0.15, 0.2) is 24.3 Å². The molecule has 0 bridgehead atoms. The molecule has 0 aromatic heterocycles. The van der Waals surface area contributed by atoms with Crippen molar-refractivity contribution in [2.24, 2.45) is 5.92 Å². The van der Waals surface area contributed by atoms with E-state index in [0.717, 1.165) is 31.2 Å². The number of benzene rings is 1. The number of hydrogen-bond acceptors (Lipinski definition) is 4. The van der Waals surface area contributed by atoms with Crippen LogP contribution in [0.2, 0.25) is 0 Å². The molecule has 0 aliphatic rings. The Morgan fingerprint density at radius 3 is 2.11 bits per heavy atom. The lowest BCUT2D eigenvalue weighted by Crippen LogP contribution is -2.33. The van der Waals surface area contributed by atoms with Crippen molar-refractivity contribution in [3.8, 4) is 5.75 Å². The van der Waals surface area contributed by atoms with Gasteiger partial charge in [-0.25, -0.2) is 0 Å². The van der Waals surface area contributed by atoms with Crippen molar-refractivity contribution < 1.29 is 17.4 Å². The van der Waals surface area contributed by atoms with E-state index in [9.17, 15) is 13.2 Å². The van der Waals surface area contributed by atoms with Gasteiger partial charge in [-0.3, -0.25) is 4.79 Å². The predicted octanol–water partition coefficient (Wildman–Crippen LogP) is 5.15. The van der Waals surface area contributed by atoms with Crippen LogP contribution in [-0.2, 0) is 21.5 Å². The number of hydrogen-bond donors (Lipinski definition) is 0. The van der Waals surface area contributed by atoms with E-state index in [1.54, 1.807) is 12.1 Å². The second-order valence-electron chi connectivity index (χ2n) is 7.97. The van der Waals surface area contributed by atoms with Gasteiger partial charge in [0.1, 0.15) is 5.75 Å². The van der Waals surface area contributed by atoms with E-state index < -0.39 is 10.1 Å². The second-order valence-corrected chi connectivity index (χ2v) is 9.55. The van der Waals surface area contributed by atoms with E-state index in [2.05, 4.69) is 20.8 Å². The number of amides is 1. The van der Waals surface area contributed by atoms with Crippen LogP contribution in [0.5, 0.6) is 5.75 Å². The molecule has 160 valence electrons. The van der Waals surface area contributed by atoms with Gasteiger partial charge < -0.3 is 9.08 Å². The molecule has 0 radical (unpaired) electrons. The molecule has 28 heavy (non-hydrogen) atoms. The third-order valence-electron chi connectivity index (χ3n) is 4.48. The molecule has 0 saturated heterocycles. The SMILES string of the molecule is CCCCCCCCCC(=O)N(Cc1ccc(OS(C)(=O)=O)cc1)CC(C)C. The van der Waals surface area contributed by atoms with Crippen molar-refractivity contribution >= 4 is 16.0 Å². The maximum Gasteiger partial charge on any atom is 0.306 e. The highest BCUT2D eigenvalue weighted by Crippen LogP contribution is 2.17. The first-order valence-electron chi connectivity index (χ1n) is 10.5. The third-order valence-corrected chi connectivity index (χ3v) is 4.97. The highest BCUT2D eigenvalue weighted by atomic mass is 32.2. The largest absolute Gasteiger partial charge is 0.383 e. The summed E-state index contributed by atoms with van der Waals surface area (Å²) >= 11 is 0. The van der Waals surface area contributed by atoms with E-state index in [0.29, 0.717) is 18.9 Å². The van der Waals surface area contributed by atoms with Crippen molar-refractivity contribution in [1.82, 2.24) is 4.90 Å². The number of rotatable bonds is 14. The summed E-state index contributed by atoms with van der Waals surface area (Å²) in [5.74, 6) is 0.876. The Balaban J connectivity index is 2.54. The predicted molar refractivity (Wildman–Crippen MR) is 115 cm³/mol. The van der Waals surface area contributed by atoms with Crippen LogP contribution in [0.1, 0.15) is 77.7 Å². The molecule has 0 aliphatic heterocycles. The molecule has 0 saturated carbocycles. The maximum atomic E-state index is 12.7. The lowest BCUT2D eigenvalue weighted by Gasteiger charge is -2.25. The molecule has 0 aliphatic carbocycles. The van der Waals surface area contributed by atoms with Crippen LogP contribution in [0.4, 0.5) is 0 Å². The summed E-state index contributed by atoms with van der Waals surface area (Å²) in [6.45, 7) is 7.69. The molecule has 0 N–H and O–H groups in total. The minimum Gasteiger partial charge on any atom is -0.383 e. The molecule has 0 fully saturated rings. The summed E-state index contributed by atoms with van der Waals surface area (Å²) in [6.07, 6.45) is 9.99. The number of carbonyl (C=O) groups is 1. The molecular formula is C22H37NO4S. The lowest BCUT2D eigenvalue weighted by atomic mass is 10.1. The topological polar surface area (TPSA) is 63.7 Å². The number of unbranched alkanes of at least 4 members (excludes halogenated alkanes) is 6. The lowest BCUT2D eigenvalue weighted by molar-refractivity contribution is -0.132. The zero-order chi connectivity index (χ0) is 21.0. The van der Waals surface area contributed by atoms with E-state index in [-0.39, 0.29) is 11.7 Å². The Hall–Kier alpha value is -1.56. The average Bonchev–Trinajstić information content (AvgIpc) is 2.60. The Morgan fingerprint density at radius 2 is 1.57 bits per heavy atom. The van der Waals surface area contributed by atoms with Gasteiger partial charge in [0.05, 0.1) is 6.26 Å². The minimum atomic E-state index is -3.53. The smallest absolute Gasteiger partial charge is 0.306 e. The zero-order valence-corrected chi connectivity index (χ0v) is 18.8. The molecular weight excluding hydrogens is 374 g/mol. The first-order chi connectivity index (χ1) is 13.2. The van der Waals surface area contributed by atoms with E-state index in [4.69, 9.17) is 4.18 Å². The van der Waals surface area contributed by atoms with E-state index in [1.165, 1.54) is 32.1 Å². The first-order valence-corrected chi connectivity index (χ1v) is 12.3.